The van der Waals surface area contributed by atoms with E-state index in [4.69, 9.17) is 9.84 Å². The maximum Gasteiger partial charge on any atom is 0.307 e. The standard InChI is InChI=1S/C12H22N2O4/c1-8(2)4-14-11(15)7-18-10-3-9(12(16)17)5-13-6-10/h8-10,13H,3-7H2,1-2H3,(H,14,15)(H,16,17). The van der Waals surface area contributed by atoms with Gasteiger partial charge in [-0.25, -0.2) is 0 Å². The number of aliphatic carboxylic acids is 1. The minimum Gasteiger partial charge on any atom is -0.481 e. The number of carbonyl (C=O) groups is 2. The van der Waals surface area contributed by atoms with E-state index in [-0.39, 0.29) is 18.6 Å². The normalized spacial score (nSPS) is 23.9. The summed E-state index contributed by atoms with van der Waals surface area (Å²) in [7, 11) is 0. The number of nitrogens with one attached hydrogen (secondary N) is 2. The summed E-state index contributed by atoms with van der Waals surface area (Å²) in [6.07, 6.45) is 0.254. The van der Waals surface area contributed by atoms with E-state index in [1.807, 2.05) is 13.8 Å². The molecule has 0 aromatic carbocycles. The van der Waals surface area contributed by atoms with Crippen LogP contribution in [0.5, 0.6) is 0 Å². The summed E-state index contributed by atoms with van der Waals surface area (Å²) < 4.78 is 5.42. The van der Waals surface area contributed by atoms with Gasteiger partial charge >= 0.3 is 5.97 Å². The van der Waals surface area contributed by atoms with Crippen LogP contribution >= 0.6 is 0 Å². The van der Waals surface area contributed by atoms with Crippen LogP contribution in [-0.4, -0.2) is 49.3 Å². The summed E-state index contributed by atoms with van der Waals surface area (Å²) in [4.78, 5) is 22.3. The summed E-state index contributed by atoms with van der Waals surface area (Å²) in [6, 6.07) is 0. The molecule has 2 atom stereocenters. The maximum absolute atomic E-state index is 11.4. The van der Waals surface area contributed by atoms with Crippen LogP contribution in [-0.2, 0) is 14.3 Å². The molecule has 0 aliphatic carbocycles. The Kier molecular flexibility index (Phi) is 6.07. The van der Waals surface area contributed by atoms with Crippen LogP contribution in [0.15, 0.2) is 0 Å². The van der Waals surface area contributed by atoms with Gasteiger partial charge in [-0.05, 0) is 12.3 Å². The van der Waals surface area contributed by atoms with Gasteiger partial charge < -0.3 is 20.5 Å². The number of piperidine rings is 1. The fourth-order valence-electron chi connectivity index (χ4n) is 1.78. The smallest absolute Gasteiger partial charge is 0.307 e. The van der Waals surface area contributed by atoms with Crippen LogP contribution in [0.25, 0.3) is 0 Å². The van der Waals surface area contributed by atoms with Gasteiger partial charge in [-0.2, -0.15) is 0 Å². The van der Waals surface area contributed by atoms with Crippen molar-refractivity contribution in [3.05, 3.63) is 0 Å². The number of amides is 1. The van der Waals surface area contributed by atoms with E-state index in [2.05, 4.69) is 10.6 Å². The highest BCUT2D eigenvalue weighted by molar-refractivity contribution is 5.77. The Morgan fingerprint density at radius 2 is 2.17 bits per heavy atom. The number of carbonyl (C=O) groups excluding carboxylic acids is 1. The fourth-order valence-corrected chi connectivity index (χ4v) is 1.78. The lowest BCUT2D eigenvalue weighted by molar-refractivity contribution is -0.144. The minimum atomic E-state index is -0.819. The first-order valence-corrected chi connectivity index (χ1v) is 6.31. The average Bonchev–Trinajstić information content (AvgIpc) is 2.34. The van der Waals surface area contributed by atoms with Gasteiger partial charge in [-0.3, -0.25) is 9.59 Å². The molecule has 1 aliphatic rings. The summed E-state index contributed by atoms with van der Waals surface area (Å²) >= 11 is 0. The second kappa shape index (κ2) is 7.33. The third kappa shape index (κ3) is 5.46. The molecule has 1 amide bonds. The molecule has 1 rings (SSSR count). The Bertz CT molecular complexity index is 294. The van der Waals surface area contributed by atoms with Gasteiger partial charge in [0, 0.05) is 19.6 Å². The zero-order valence-corrected chi connectivity index (χ0v) is 10.9. The molecule has 0 bridgehead atoms. The lowest BCUT2D eigenvalue weighted by Gasteiger charge is -2.27. The Morgan fingerprint density at radius 1 is 1.44 bits per heavy atom. The molecule has 0 saturated carbocycles. The Hall–Kier alpha value is -1.14. The summed E-state index contributed by atoms with van der Waals surface area (Å²) in [6.45, 7) is 5.72. The number of carboxylic acids is 1. The van der Waals surface area contributed by atoms with Crippen LogP contribution in [0, 0.1) is 11.8 Å². The van der Waals surface area contributed by atoms with Crippen LogP contribution in [0.4, 0.5) is 0 Å². The predicted octanol–water partition coefficient (Wildman–Crippen LogP) is -0.162. The highest BCUT2D eigenvalue weighted by Crippen LogP contribution is 2.13. The lowest BCUT2D eigenvalue weighted by atomic mass is 9.98. The van der Waals surface area contributed by atoms with E-state index in [0.29, 0.717) is 32.0 Å². The third-order valence-electron chi connectivity index (χ3n) is 2.82. The number of carboxylic acid groups (broad SMARTS) is 1. The van der Waals surface area contributed by atoms with E-state index in [1.165, 1.54) is 0 Å². The SMILES string of the molecule is CC(C)CNC(=O)COC1CNCC(C(=O)O)C1. The van der Waals surface area contributed by atoms with Crippen LogP contribution in [0.2, 0.25) is 0 Å². The predicted molar refractivity (Wildman–Crippen MR) is 66.2 cm³/mol. The van der Waals surface area contributed by atoms with Gasteiger partial charge in [0.15, 0.2) is 0 Å². The van der Waals surface area contributed by atoms with Gasteiger partial charge in [0.25, 0.3) is 0 Å². The van der Waals surface area contributed by atoms with Crippen molar-refractivity contribution in [2.45, 2.75) is 26.4 Å². The Labute approximate surface area is 107 Å². The quantitative estimate of drug-likeness (QED) is 0.616. The van der Waals surface area contributed by atoms with Crippen molar-refractivity contribution in [1.29, 1.82) is 0 Å². The van der Waals surface area contributed by atoms with E-state index in [9.17, 15) is 9.59 Å². The van der Waals surface area contributed by atoms with Crippen molar-refractivity contribution in [2.75, 3.05) is 26.2 Å². The van der Waals surface area contributed by atoms with Crippen LogP contribution < -0.4 is 10.6 Å². The monoisotopic (exact) mass is 258 g/mol. The van der Waals surface area contributed by atoms with Gasteiger partial charge in [0.2, 0.25) is 5.91 Å². The van der Waals surface area contributed by atoms with E-state index in [1.54, 1.807) is 0 Å². The van der Waals surface area contributed by atoms with E-state index in [0.717, 1.165) is 0 Å². The van der Waals surface area contributed by atoms with Gasteiger partial charge in [0.05, 0.1) is 12.0 Å². The first-order chi connectivity index (χ1) is 8.49. The fraction of sp³-hybridized carbons (Fsp3) is 0.833. The molecule has 0 aromatic rings. The molecule has 0 spiro atoms. The molecule has 6 heteroatoms. The molecular formula is C12H22N2O4. The van der Waals surface area contributed by atoms with Crippen molar-refractivity contribution < 1.29 is 19.4 Å². The summed E-state index contributed by atoms with van der Waals surface area (Å²) in [5.74, 6) is -0.995. The number of hydrogen-bond acceptors (Lipinski definition) is 4. The van der Waals surface area contributed by atoms with Gasteiger partial charge in [-0.1, -0.05) is 13.8 Å². The Balaban J connectivity index is 2.22. The minimum absolute atomic E-state index is 0.00853. The van der Waals surface area contributed by atoms with Crippen molar-refractivity contribution >= 4 is 11.9 Å². The molecule has 3 N–H and O–H groups in total. The third-order valence-corrected chi connectivity index (χ3v) is 2.82. The highest BCUT2D eigenvalue weighted by Gasteiger charge is 2.27. The first kappa shape index (κ1) is 14.9. The maximum atomic E-state index is 11.4. The first-order valence-electron chi connectivity index (χ1n) is 6.31. The molecule has 1 aliphatic heterocycles. The lowest BCUT2D eigenvalue weighted by Crippen LogP contribution is -2.44. The number of hydrogen-bond donors (Lipinski definition) is 3. The zero-order valence-electron chi connectivity index (χ0n) is 10.9. The summed E-state index contributed by atoms with van der Waals surface area (Å²) in [5.41, 5.74) is 0. The molecule has 1 fully saturated rings. The number of ether oxygens (including phenoxy) is 1. The van der Waals surface area contributed by atoms with Crippen LogP contribution in [0.1, 0.15) is 20.3 Å². The molecule has 104 valence electrons. The van der Waals surface area contributed by atoms with E-state index < -0.39 is 11.9 Å². The van der Waals surface area contributed by atoms with E-state index >= 15 is 0 Å². The molecular weight excluding hydrogens is 236 g/mol. The molecule has 2 unspecified atom stereocenters. The second-order valence-electron chi connectivity index (χ2n) is 5.06. The number of rotatable bonds is 6. The molecule has 1 saturated heterocycles. The highest BCUT2D eigenvalue weighted by atomic mass is 16.5. The molecule has 0 radical (unpaired) electrons. The van der Waals surface area contributed by atoms with Gasteiger partial charge in [-0.15, -0.1) is 0 Å². The molecule has 1 heterocycles. The topological polar surface area (TPSA) is 87.7 Å². The van der Waals surface area contributed by atoms with Crippen molar-refractivity contribution in [3.63, 3.8) is 0 Å². The molecule has 0 aromatic heterocycles. The average molecular weight is 258 g/mol. The largest absolute Gasteiger partial charge is 0.481 e. The van der Waals surface area contributed by atoms with Crippen molar-refractivity contribution in [1.82, 2.24) is 10.6 Å². The molecule has 6 nitrogen and oxygen atoms in total. The molecule has 18 heavy (non-hydrogen) atoms. The van der Waals surface area contributed by atoms with Gasteiger partial charge in [0.1, 0.15) is 6.61 Å². The summed E-state index contributed by atoms with van der Waals surface area (Å²) in [5, 5.41) is 14.7. The Morgan fingerprint density at radius 3 is 2.78 bits per heavy atom. The second-order valence-corrected chi connectivity index (χ2v) is 5.06. The zero-order chi connectivity index (χ0) is 13.5. The van der Waals surface area contributed by atoms with Crippen molar-refractivity contribution in [3.8, 4) is 0 Å². The van der Waals surface area contributed by atoms with Crippen LogP contribution in [0.3, 0.4) is 0 Å². The van der Waals surface area contributed by atoms with Crippen molar-refractivity contribution in [2.24, 2.45) is 11.8 Å².